The molecular weight excluding hydrogens is 420 g/mol. The number of hydrogen-bond donors (Lipinski definition) is 8. The predicted molar refractivity (Wildman–Crippen MR) is 128 cm³/mol. The van der Waals surface area contributed by atoms with Crippen LogP contribution in [-0.2, 0) is 4.79 Å². The zero-order valence-electron chi connectivity index (χ0n) is 20.2. The quantitative estimate of drug-likeness (QED) is 0.192. The maximum absolute atomic E-state index is 13.2. The van der Waals surface area contributed by atoms with Crippen LogP contribution in [-0.4, -0.2) is 106 Å². The van der Waals surface area contributed by atoms with Crippen LogP contribution in [0.25, 0.3) is 0 Å². The molecule has 1 aliphatic carbocycles. The van der Waals surface area contributed by atoms with Crippen molar-refractivity contribution >= 4 is 5.91 Å². The monoisotopic (exact) mass is 464 g/mol. The van der Waals surface area contributed by atoms with Crippen molar-refractivity contribution in [2.75, 3.05) is 53.5 Å². The van der Waals surface area contributed by atoms with E-state index in [9.17, 15) is 4.79 Å². The summed E-state index contributed by atoms with van der Waals surface area (Å²) in [7, 11) is 4.33. The van der Waals surface area contributed by atoms with E-state index in [-0.39, 0.29) is 42.5 Å². The Kier molecular flexibility index (Phi) is 7.80. The Bertz CT molecular complexity index is 657. The molecule has 4 aliphatic heterocycles. The molecule has 5 aliphatic rings. The van der Waals surface area contributed by atoms with Gasteiger partial charge in [0.2, 0.25) is 5.91 Å². The smallest absolute Gasteiger partial charge is 0.223 e. The van der Waals surface area contributed by atoms with Crippen molar-refractivity contribution in [2.45, 2.75) is 68.9 Å². The zero-order valence-corrected chi connectivity index (χ0v) is 20.2. The molecule has 188 valence electrons. The van der Waals surface area contributed by atoms with Crippen LogP contribution in [0.3, 0.4) is 0 Å². The molecule has 11 heteroatoms. The first-order valence-electron chi connectivity index (χ1n) is 13.0. The fourth-order valence-electron chi connectivity index (χ4n) is 5.92. The molecule has 1 saturated carbocycles. The third-order valence-corrected chi connectivity index (χ3v) is 8.23. The molecule has 7 atom stereocenters. The lowest BCUT2D eigenvalue weighted by atomic mass is 9.94. The Morgan fingerprint density at radius 1 is 1.03 bits per heavy atom. The summed E-state index contributed by atoms with van der Waals surface area (Å²) in [5.41, 5.74) is 6.90. The average Bonchev–Trinajstić information content (AvgIpc) is 3.50. The standard InChI is InChI=1S/C22H44N10O/c1-31-10-9-25-21(31)19(14-3-4-14)28-22(33)15-5-8-24-17(11-15)26-12-18-29-30-20(32(18)2)16-6-7-23-13-27-16/h14-21,23-27,29-30H,3-13H2,1-2H3,(H,28,33)/t15?,16?,17?,18?,19?,20?,21-/m1/s1. The third kappa shape index (κ3) is 5.68. The number of piperidine rings is 1. The van der Waals surface area contributed by atoms with Crippen molar-refractivity contribution in [3.63, 3.8) is 0 Å². The van der Waals surface area contributed by atoms with Crippen molar-refractivity contribution in [3.05, 3.63) is 0 Å². The van der Waals surface area contributed by atoms with Gasteiger partial charge in [-0.15, -0.1) is 0 Å². The predicted octanol–water partition coefficient (Wildman–Crippen LogP) is -2.74. The fourth-order valence-corrected chi connectivity index (χ4v) is 5.92. The van der Waals surface area contributed by atoms with Gasteiger partial charge in [0.15, 0.2) is 0 Å². The van der Waals surface area contributed by atoms with E-state index in [4.69, 9.17) is 0 Å². The second-order valence-electron chi connectivity index (χ2n) is 10.6. The van der Waals surface area contributed by atoms with Gasteiger partial charge in [-0.2, -0.15) is 0 Å². The molecule has 4 heterocycles. The van der Waals surface area contributed by atoms with Crippen molar-refractivity contribution in [1.82, 2.24) is 52.6 Å². The maximum Gasteiger partial charge on any atom is 0.223 e. The summed E-state index contributed by atoms with van der Waals surface area (Å²) in [6, 6.07) is 0.664. The second kappa shape index (κ2) is 10.8. The van der Waals surface area contributed by atoms with E-state index in [0.29, 0.717) is 12.0 Å². The molecule has 0 radical (unpaired) electrons. The average molecular weight is 465 g/mol. The molecule has 6 unspecified atom stereocenters. The Balaban J connectivity index is 1.08. The van der Waals surface area contributed by atoms with Crippen molar-refractivity contribution in [2.24, 2.45) is 11.8 Å². The molecule has 5 fully saturated rings. The molecule has 11 nitrogen and oxygen atoms in total. The molecule has 0 aromatic heterocycles. The first-order chi connectivity index (χ1) is 16.1. The van der Waals surface area contributed by atoms with Crippen molar-refractivity contribution < 1.29 is 4.79 Å². The summed E-state index contributed by atoms with van der Waals surface area (Å²) in [4.78, 5) is 17.9. The minimum absolute atomic E-state index is 0.0655. The second-order valence-corrected chi connectivity index (χ2v) is 10.6. The highest BCUT2D eigenvalue weighted by atomic mass is 16.2. The molecule has 33 heavy (non-hydrogen) atoms. The summed E-state index contributed by atoms with van der Waals surface area (Å²) in [5.74, 6) is 0.925. The number of carbonyl (C=O) groups is 1. The van der Waals surface area contributed by atoms with Gasteiger partial charge in [-0.05, 0) is 65.2 Å². The Morgan fingerprint density at radius 3 is 2.64 bits per heavy atom. The highest BCUT2D eigenvalue weighted by Gasteiger charge is 2.42. The highest BCUT2D eigenvalue weighted by molar-refractivity contribution is 5.79. The van der Waals surface area contributed by atoms with Crippen LogP contribution in [0, 0.1) is 11.8 Å². The van der Waals surface area contributed by atoms with Crippen LogP contribution in [0.4, 0.5) is 0 Å². The minimum Gasteiger partial charge on any atom is -0.350 e. The van der Waals surface area contributed by atoms with Gasteiger partial charge in [0.25, 0.3) is 0 Å². The Morgan fingerprint density at radius 2 is 1.91 bits per heavy atom. The lowest BCUT2D eigenvalue weighted by molar-refractivity contribution is -0.127. The molecule has 0 bridgehead atoms. The normalized spacial score (nSPS) is 39.6. The third-order valence-electron chi connectivity index (χ3n) is 8.23. The minimum atomic E-state index is 0.0655. The van der Waals surface area contributed by atoms with Gasteiger partial charge < -0.3 is 16.0 Å². The van der Waals surface area contributed by atoms with Gasteiger partial charge in [0.05, 0.1) is 30.7 Å². The van der Waals surface area contributed by atoms with Crippen LogP contribution in [0.1, 0.15) is 32.1 Å². The lowest BCUT2D eigenvalue weighted by Crippen LogP contribution is -2.58. The number of hydrazine groups is 1. The molecular formula is C22H44N10O. The number of likely N-dealkylation sites (N-methyl/N-ethyl adjacent to an activating group) is 2. The maximum atomic E-state index is 13.2. The molecule has 4 saturated heterocycles. The number of hydrogen-bond acceptors (Lipinski definition) is 10. The van der Waals surface area contributed by atoms with Gasteiger partial charge in [0.1, 0.15) is 0 Å². The highest BCUT2D eigenvalue weighted by Crippen LogP contribution is 2.35. The SMILES string of the molecule is CN1C(CNC2CC(C(=O)NC(C3CC3)[C@@H]3NCCN3C)CCN2)NNC1C1CCNCN1. The summed E-state index contributed by atoms with van der Waals surface area (Å²) >= 11 is 0. The van der Waals surface area contributed by atoms with Crippen molar-refractivity contribution in [3.8, 4) is 0 Å². The number of nitrogens with zero attached hydrogens (tertiary/aromatic N) is 2. The number of carbonyl (C=O) groups excluding carboxylic acids is 1. The van der Waals surface area contributed by atoms with E-state index in [1.165, 1.54) is 12.8 Å². The Hall–Kier alpha value is -0.890. The Labute approximate surface area is 197 Å². The van der Waals surface area contributed by atoms with E-state index in [0.717, 1.165) is 58.7 Å². The number of nitrogens with one attached hydrogen (secondary N) is 8. The first-order valence-corrected chi connectivity index (χ1v) is 13.0. The molecule has 5 rings (SSSR count). The topological polar surface area (TPSA) is 120 Å². The van der Waals surface area contributed by atoms with E-state index in [1.807, 2.05) is 0 Å². The van der Waals surface area contributed by atoms with Gasteiger partial charge in [0, 0.05) is 38.3 Å². The summed E-state index contributed by atoms with van der Waals surface area (Å²) in [6.07, 6.45) is 6.24. The summed E-state index contributed by atoms with van der Waals surface area (Å²) in [6.45, 7) is 5.67. The van der Waals surface area contributed by atoms with Gasteiger partial charge in [-0.25, -0.2) is 10.9 Å². The van der Waals surface area contributed by atoms with E-state index in [1.54, 1.807) is 0 Å². The zero-order chi connectivity index (χ0) is 22.8. The van der Waals surface area contributed by atoms with Crippen LogP contribution < -0.4 is 42.8 Å². The van der Waals surface area contributed by atoms with Crippen LogP contribution >= 0.6 is 0 Å². The van der Waals surface area contributed by atoms with Crippen LogP contribution in [0.2, 0.25) is 0 Å². The van der Waals surface area contributed by atoms with Crippen molar-refractivity contribution in [1.29, 1.82) is 0 Å². The first kappa shape index (κ1) is 23.8. The van der Waals surface area contributed by atoms with Gasteiger partial charge in [-0.3, -0.25) is 30.5 Å². The van der Waals surface area contributed by atoms with E-state index >= 15 is 0 Å². The fraction of sp³-hybridized carbons (Fsp3) is 0.955. The summed E-state index contributed by atoms with van der Waals surface area (Å²) in [5, 5.41) is 21.2. The van der Waals surface area contributed by atoms with E-state index < -0.39 is 0 Å². The molecule has 0 spiro atoms. The molecule has 1 amide bonds. The molecule has 8 N–H and O–H groups in total. The van der Waals surface area contributed by atoms with Crippen LogP contribution in [0.5, 0.6) is 0 Å². The lowest BCUT2D eigenvalue weighted by Gasteiger charge is -2.35. The van der Waals surface area contributed by atoms with Gasteiger partial charge in [-0.1, -0.05) is 0 Å². The summed E-state index contributed by atoms with van der Waals surface area (Å²) < 4.78 is 0. The number of amides is 1. The molecule has 0 aromatic rings. The van der Waals surface area contributed by atoms with Gasteiger partial charge >= 0.3 is 0 Å². The van der Waals surface area contributed by atoms with E-state index in [2.05, 4.69) is 66.6 Å². The van der Waals surface area contributed by atoms with Crippen LogP contribution in [0.15, 0.2) is 0 Å². The largest absolute Gasteiger partial charge is 0.350 e. The number of rotatable bonds is 8. The molecule has 0 aromatic carbocycles.